The van der Waals surface area contributed by atoms with Crippen LogP contribution >= 0.6 is 11.6 Å². The van der Waals surface area contributed by atoms with E-state index in [9.17, 15) is 13.2 Å². The number of rotatable bonds is 3. The van der Waals surface area contributed by atoms with Crippen LogP contribution in [0.3, 0.4) is 0 Å². The van der Waals surface area contributed by atoms with E-state index in [4.69, 9.17) is 11.6 Å². The van der Waals surface area contributed by atoms with Crippen LogP contribution in [0.2, 0.25) is 5.28 Å². The molecule has 16 heavy (non-hydrogen) atoms. The van der Waals surface area contributed by atoms with E-state index in [0.717, 1.165) is 6.92 Å². The maximum atomic E-state index is 12.2. The van der Waals surface area contributed by atoms with Crippen LogP contribution in [0, 0.1) is 0 Å². The quantitative estimate of drug-likeness (QED) is 0.864. The van der Waals surface area contributed by atoms with Crippen molar-refractivity contribution in [1.29, 1.82) is 0 Å². The molecular weight excluding hydrogens is 247 g/mol. The molecule has 1 aromatic heterocycles. The number of hydrogen-bond donors (Lipinski definition) is 2. The zero-order chi connectivity index (χ0) is 12.3. The molecule has 0 spiro atoms. The lowest BCUT2D eigenvalue weighted by molar-refractivity contribution is -0.138. The molecule has 0 aliphatic rings. The smallest absolute Gasteiger partial charge is 0.357 e. The molecule has 1 heterocycles. The van der Waals surface area contributed by atoms with Gasteiger partial charge in [-0.15, -0.1) is 0 Å². The second kappa shape index (κ2) is 4.69. The molecule has 1 atom stereocenters. The van der Waals surface area contributed by atoms with Crippen molar-refractivity contribution in [1.82, 2.24) is 15.0 Å². The van der Waals surface area contributed by atoms with Gasteiger partial charge in [-0.2, -0.15) is 28.1 Å². The van der Waals surface area contributed by atoms with Gasteiger partial charge in [0.05, 0.1) is 0 Å². The van der Waals surface area contributed by atoms with Crippen molar-refractivity contribution < 1.29 is 13.2 Å². The monoisotopic (exact) mass is 255 g/mol. The molecule has 5 nitrogen and oxygen atoms in total. The van der Waals surface area contributed by atoms with E-state index in [0.29, 0.717) is 0 Å². The summed E-state index contributed by atoms with van der Waals surface area (Å²) in [6.07, 6.45) is -4.38. The van der Waals surface area contributed by atoms with Gasteiger partial charge in [-0.3, -0.25) is 0 Å². The van der Waals surface area contributed by atoms with Gasteiger partial charge in [-0.05, 0) is 18.5 Å². The standard InChI is InChI=1S/C7H9ClF3N5/c1-3(7(9,10)11)13-6-15-4(8)14-5(12-2)16-6/h3H,1-2H3,(H2,12,13,14,15,16). The number of anilines is 2. The third kappa shape index (κ3) is 3.37. The summed E-state index contributed by atoms with van der Waals surface area (Å²) in [5.74, 6) is -0.133. The van der Waals surface area contributed by atoms with E-state index in [1.54, 1.807) is 0 Å². The summed E-state index contributed by atoms with van der Waals surface area (Å²) in [7, 11) is 1.52. The van der Waals surface area contributed by atoms with Crippen LogP contribution in [0.1, 0.15) is 6.92 Å². The molecule has 0 saturated heterocycles. The minimum Gasteiger partial charge on any atom is -0.357 e. The van der Waals surface area contributed by atoms with Crippen LogP contribution in [0.25, 0.3) is 0 Å². The maximum absolute atomic E-state index is 12.2. The summed E-state index contributed by atoms with van der Waals surface area (Å²) in [5.41, 5.74) is 0. The highest BCUT2D eigenvalue weighted by Gasteiger charge is 2.36. The fourth-order valence-corrected chi connectivity index (χ4v) is 0.962. The Morgan fingerprint density at radius 3 is 2.25 bits per heavy atom. The van der Waals surface area contributed by atoms with Gasteiger partial charge in [0.25, 0.3) is 0 Å². The van der Waals surface area contributed by atoms with E-state index >= 15 is 0 Å². The van der Waals surface area contributed by atoms with Crippen molar-refractivity contribution in [2.75, 3.05) is 17.7 Å². The highest BCUT2D eigenvalue weighted by molar-refractivity contribution is 6.28. The van der Waals surface area contributed by atoms with E-state index in [-0.39, 0.29) is 17.2 Å². The lowest BCUT2D eigenvalue weighted by Crippen LogP contribution is -2.33. The van der Waals surface area contributed by atoms with Crippen molar-refractivity contribution in [3.8, 4) is 0 Å². The lowest BCUT2D eigenvalue weighted by Gasteiger charge is -2.17. The molecule has 2 N–H and O–H groups in total. The molecule has 0 aromatic carbocycles. The van der Waals surface area contributed by atoms with Gasteiger partial charge >= 0.3 is 6.18 Å². The summed E-state index contributed by atoms with van der Waals surface area (Å²) in [6.45, 7) is 0.955. The fourth-order valence-electron chi connectivity index (χ4n) is 0.802. The Balaban J connectivity index is 2.85. The highest BCUT2D eigenvalue weighted by Crippen LogP contribution is 2.22. The Labute approximate surface area is 94.4 Å². The second-order valence-corrected chi connectivity index (χ2v) is 3.25. The summed E-state index contributed by atoms with van der Waals surface area (Å²) in [5, 5.41) is 4.45. The molecule has 0 aliphatic heterocycles. The Hall–Kier alpha value is -1.31. The molecular formula is C7H9ClF3N5. The van der Waals surface area contributed by atoms with Crippen LogP contribution in [0.5, 0.6) is 0 Å². The Kier molecular flexibility index (Phi) is 3.74. The fraction of sp³-hybridized carbons (Fsp3) is 0.571. The first-order chi connectivity index (χ1) is 7.32. The van der Waals surface area contributed by atoms with Crippen molar-refractivity contribution in [2.24, 2.45) is 0 Å². The van der Waals surface area contributed by atoms with Gasteiger partial charge in [0.1, 0.15) is 6.04 Å². The number of nitrogens with one attached hydrogen (secondary N) is 2. The average molecular weight is 256 g/mol. The third-order valence-corrected chi connectivity index (χ3v) is 1.84. The first kappa shape index (κ1) is 12.8. The minimum atomic E-state index is -4.38. The van der Waals surface area contributed by atoms with Crippen LogP contribution in [0.4, 0.5) is 25.1 Å². The number of halogens is 4. The Morgan fingerprint density at radius 1 is 1.19 bits per heavy atom. The van der Waals surface area contributed by atoms with Gasteiger partial charge in [-0.25, -0.2) is 0 Å². The summed E-state index contributed by atoms with van der Waals surface area (Å²) < 4.78 is 36.7. The van der Waals surface area contributed by atoms with E-state index in [2.05, 4.69) is 25.6 Å². The van der Waals surface area contributed by atoms with Crippen molar-refractivity contribution in [3.63, 3.8) is 0 Å². The molecule has 0 aliphatic carbocycles. The van der Waals surface area contributed by atoms with Gasteiger partial charge in [0.2, 0.25) is 17.2 Å². The number of nitrogens with zero attached hydrogens (tertiary/aromatic N) is 3. The summed E-state index contributed by atoms with van der Waals surface area (Å²) in [4.78, 5) is 10.8. The highest BCUT2D eigenvalue weighted by atomic mass is 35.5. The van der Waals surface area contributed by atoms with Crippen molar-refractivity contribution in [3.05, 3.63) is 5.28 Å². The molecule has 0 amide bonds. The molecule has 0 fully saturated rings. The molecule has 90 valence electrons. The Morgan fingerprint density at radius 2 is 1.75 bits per heavy atom. The number of hydrogen-bond acceptors (Lipinski definition) is 5. The molecule has 0 radical (unpaired) electrons. The molecule has 1 unspecified atom stereocenters. The molecule has 1 rings (SSSR count). The molecule has 1 aromatic rings. The normalized spacial score (nSPS) is 13.4. The maximum Gasteiger partial charge on any atom is 0.408 e. The third-order valence-electron chi connectivity index (χ3n) is 1.67. The number of alkyl halides is 3. The zero-order valence-electron chi connectivity index (χ0n) is 8.43. The van der Waals surface area contributed by atoms with E-state index < -0.39 is 12.2 Å². The van der Waals surface area contributed by atoms with Crippen molar-refractivity contribution >= 4 is 23.5 Å². The van der Waals surface area contributed by atoms with Crippen LogP contribution in [-0.2, 0) is 0 Å². The Bertz CT molecular complexity index is 370. The predicted octanol–water partition coefficient (Wildman–Crippen LogP) is 1.93. The van der Waals surface area contributed by atoms with Crippen LogP contribution in [0.15, 0.2) is 0 Å². The van der Waals surface area contributed by atoms with Crippen LogP contribution < -0.4 is 10.6 Å². The average Bonchev–Trinajstić information content (AvgIpc) is 2.15. The predicted molar refractivity (Wildman–Crippen MR) is 53.5 cm³/mol. The van der Waals surface area contributed by atoms with Gasteiger partial charge in [0.15, 0.2) is 0 Å². The number of aromatic nitrogens is 3. The second-order valence-electron chi connectivity index (χ2n) is 2.91. The van der Waals surface area contributed by atoms with E-state index in [1.165, 1.54) is 7.05 Å². The molecule has 0 bridgehead atoms. The largest absolute Gasteiger partial charge is 0.408 e. The van der Waals surface area contributed by atoms with Crippen LogP contribution in [-0.4, -0.2) is 34.2 Å². The minimum absolute atomic E-state index is 0.0943. The topological polar surface area (TPSA) is 62.7 Å². The molecule has 0 saturated carbocycles. The summed E-state index contributed by atoms with van der Waals surface area (Å²) in [6, 6.07) is -1.77. The van der Waals surface area contributed by atoms with E-state index in [1.807, 2.05) is 0 Å². The van der Waals surface area contributed by atoms with Crippen molar-refractivity contribution in [2.45, 2.75) is 19.1 Å². The zero-order valence-corrected chi connectivity index (χ0v) is 9.19. The molecule has 9 heteroatoms. The van der Waals surface area contributed by atoms with Gasteiger partial charge in [0, 0.05) is 7.05 Å². The van der Waals surface area contributed by atoms with Gasteiger partial charge in [-0.1, -0.05) is 0 Å². The summed E-state index contributed by atoms with van der Waals surface area (Å²) >= 11 is 5.50. The van der Waals surface area contributed by atoms with Gasteiger partial charge < -0.3 is 10.6 Å². The first-order valence-electron chi connectivity index (χ1n) is 4.25. The first-order valence-corrected chi connectivity index (χ1v) is 4.63. The lowest BCUT2D eigenvalue weighted by atomic mass is 10.3. The SMILES string of the molecule is CNc1nc(Cl)nc(NC(C)C(F)(F)F)n1.